The fraction of sp³-hybridized carbons (Fsp3) is 0. The largest absolute Gasteiger partial charge is 3.00 e. The zero-order valence-corrected chi connectivity index (χ0v) is 8.46. The maximum atomic E-state index is 0. The quantitative estimate of drug-likeness (QED) is 0.449. The molecule has 0 unspecified atom stereocenters. The van der Waals surface area contributed by atoms with Crippen LogP contribution in [0.5, 0.6) is 0 Å². The normalized spacial score (nSPS) is 0. The van der Waals surface area contributed by atoms with Crippen molar-refractivity contribution in [2.45, 2.75) is 0 Å². The van der Waals surface area contributed by atoms with Crippen molar-refractivity contribution in [2.24, 2.45) is 0 Å². The van der Waals surface area contributed by atoms with Crippen molar-refractivity contribution < 1.29 is 30.4 Å². The van der Waals surface area contributed by atoms with Crippen molar-refractivity contribution in [1.29, 1.82) is 0 Å². The fourth-order valence-electron chi connectivity index (χ4n) is 0. The molecule has 0 aromatic heterocycles. The maximum absolute atomic E-state index is 0. The van der Waals surface area contributed by atoms with Crippen molar-refractivity contribution in [2.75, 3.05) is 0 Å². The van der Waals surface area contributed by atoms with Crippen molar-refractivity contribution >= 4 is 25.8 Å². The SMILES string of the molecule is O.[In+3].[O-2].[Zn+2]. The van der Waals surface area contributed by atoms with Gasteiger partial charge in [-0.15, -0.1) is 0 Å². The Bertz CT molecular complexity index is 6.00. The first-order chi connectivity index (χ1) is 0. The molecule has 4 heteroatoms. The molecule has 0 radical (unpaired) electrons. The molecular formula is H2InO2Zn+3. The van der Waals surface area contributed by atoms with Crippen LogP contribution in [0.15, 0.2) is 0 Å². The van der Waals surface area contributed by atoms with E-state index in [2.05, 4.69) is 0 Å². The second-order valence-electron chi connectivity index (χ2n) is 0. The first kappa shape index (κ1) is 52.8. The van der Waals surface area contributed by atoms with Gasteiger partial charge in [-0.2, -0.15) is 0 Å². The monoisotopic (exact) mass is 213 g/mol. The first-order valence-corrected chi connectivity index (χ1v) is 0. The third-order valence-electron chi connectivity index (χ3n) is 0. The minimum atomic E-state index is 0. The van der Waals surface area contributed by atoms with Crippen LogP contribution in [0.3, 0.4) is 0 Å². The van der Waals surface area contributed by atoms with Crippen molar-refractivity contribution in [1.82, 2.24) is 0 Å². The number of hydrogen-bond acceptors (Lipinski definition) is 0. The summed E-state index contributed by atoms with van der Waals surface area (Å²) in [6.45, 7) is 0. The van der Waals surface area contributed by atoms with Crippen LogP contribution >= 0.6 is 0 Å². The second-order valence-corrected chi connectivity index (χ2v) is 0. The molecule has 0 saturated heterocycles. The Morgan fingerprint density at radius 2 is 1.00 bits per heavy atom. The Hall–Kier alpha value is 1.41. The Labute approximate surface area is 56.1 Å². The molecule has 2 N–H and O–H groups in total. The molecule has 0 aromatic carbocycles. The van der Waals surface area contributed by atoms with E-state index in [9.17, 15) is 0 Å². The molecular weight excluding hydrogens is 212 g/mol. The standard InChI is InChI=1S/In.H2O.O.Zn/h;1H2;;/q+3;;-2;+2. The summed E-state index contributed by atoms with van der Waals surface area (Å²) in [5.74, 6) is 0. The maximum Gasteiger partial charge on any atom is 3.00 e. The Morgan fingerprint density at radius 1 is 1.00 bits per heavy atom. The van der Waals surface area contributed by atoms with E-state index >= 15 is 0 Å². The molecule has 0 aliphatic heterocycles. The summed E-state index contributed by atoms with van der Waals surface area (Å²) in [7, 11) is 0. The molecule has 0 atom stereocenters. The van der Waals surface area contributed by atoms with Gasteiger partial charge in [-0.1, -0.05) is 0 Å². The van der Waals surface area contributed by atoms with Crippen LogP contribution in [-0.4, -0.2) is 31.3 Å². The Kier molecular flexibility index (Phi) is 340. The van der Waals surface area contributed by atoms with Gasteiger partial charge in [-0.3, -0.25) is 0 Å². The molecule has 0 heterocycles. The zero-order valence-electron chi connectivity index (χ0n) is 2.19. The molecule has 16 valence electrons. The molecule has 0 spiro atoms. The predicted molar refractivity (Wildman–Crippen MR) is 10.1 cm³/mol. The molecule has 4 heavy (non-hydrogen) atoms. The summed E-state index contributed by atoms with van der Waals surface area (Å²) in [4.78, 5) is 0. The molecule has 0 amide bonds. The number of rotatable bonds is 0. The van der Waals surface area contributed by atoms with Gasteiger partial charge in [0.05, 0.1) is 0 Å². The molecule has 0 bridgehead atoms. The summed E-state index contributed by atoms with van der Waals surface area (Å²) in [6, 6.07) is 0. The van der Waals surface area contributed by atoms with E-state index in [1.807, 2.05) is 0 Å². The molecule has 0 saturated carbocycles. The summed E-state index contributed by atoms with van der Waals surface area (Å²) in [6.07, 6.45) is 0. The average molecular weight is 214 g/mol. The van der Waals surface area contributed by atoms with Gasteiger partial charge in [-0.05, 0) is 0 Å². The average Bonchev–Trinajstić information content (AvgIpc) is 0. The summed E-state index contributed by atoms with van der Waals surface area (Å²) in [5.41, 5.74) is 0. The Morgan fingerprint density at radius 3 is 1.00 bits per heavy atom. The van der Waals surface area contributed by atoms with E-state index in [-0.39, 0.29) is 56.3 Å². The molecule has 0 aliphatic rings. The van der Waals surface area contributed by atoms with Gasteiger partial charge in [-0.25, -0.2) is 0 Å². The van der Waals surface area contributed by atoms with Gasteiger partial charge in [0.15, 0.2) is 0 Å². The van der Waals surface area contributed by atoms with Gasteiger partial charge in [0.25, 0.3) is 0 Å². The minimum absolute atomic E-state index is 0. The molecule has 2 nitrogen and oxygen atoms in total. The van der Waals surface area contributed by atoms with Gasteiger partial charge >= 0.3 is 45.3 Å². The van der Waals surface area contributed by atoms with Crippen molar-refractivity contribution in [3.63, 3.8) is 0 Å². The van der Waals surface area contributed by atoms with E-state index in [1.54, 1.807) is 0 Å². The summed E-state index contributed by atoms with van der Waals surface area (Å²) >= 11 is 0. The van der Waals surface area contributed by atoms with Gasteiger partial charge in [0.2, 0.25) is 0 Å². The molecule has 0 aliphatic carbocycles. The van der Waals surface area contributed by atoms with Crippen molar-refractivity contribution in [3.8, 4) is 0 Å². The fourth-order valence-corrected chi connectivity index (χ4v) is 0. The third kappa shape index (κ3) is 9.95. The van der Waals surface area contributed by atoms with Crippen molar-refractivity contribution in [3.05, 3.63) is 0 Å². The van der Waals surface area contributed by atoms with E-state index in [0.29, 0.717) is 0 Å². The molecule has 0 fully saturated rings. The number of hydrogen-bond donors (Lipinski definition) is 0. The smallest absolute Gasteiger partial charge is 2.00 e. The van der Waals surface area contributed by atoms with Crippen LogP contribution < -0.4 is 0 Å². The summed E-state index contributed by atoms with van der Waals surface area (Å²) < 4.78 is 0. The van der Waals surface area contributed by atoms with Gasteiger partial charge < -0.3 is 11.0 Å². The molecule has 0 aromatic rings. The van der Waals surface area contributed by atoms with Crippen LogP contribution in [0, 0.1) is 0 Å². The third-order valence-corrected chi connectivity index (χ3v) is 0. The van der Waals surface area contributed by atoms with E-state index in [1.165, 1.54) is 0 Å². The van der Waals surface area contributed by atoms with Crippen LogP contribution in [-0.2, 0) is 25.0 Å². The Balaban J connectivity index is 0. The van der Waals surface area contributed by atoms with E-state index < -0.39 is 0 Å². The van der Waals surface area contributed by atoms with Gasteiger partial charge in [0, 0.05) is 0 Å². The van der Waals surface area contributed by atoms with Crippen LogP contribution in [0.25, 0.3) is 0 Å². The zero-order chi connectivity index (χ0) is 0. The second kappa shape index (κ2) is 25.7. The van der Waals surface area contributed by atoms with Gasteiger partial charge in [0.1, 0.15) is 0 Å². The predicted octanol–water partition coefficient (Wildman–Crippen LogP) is -1.33. The minimum Gasteiger partial charge on any atom is -2.00 e. The van der Waals surface area contributed by atoms with E-state index in [4.69, 9.17) is 0 Å². The first-order valence-electron chi connectivity index (χ1n) is 0. The van der Waals surface area contributed by atoms with Crippen LogP contribution in [0.4, 0.5) is 0 Å². The summed E-state index contributed by atoms with van der Waals surface area (Å²) in [5, 5.41) is 0. The van der Waals surface area contributed by atoms with Crippen LogP contribution in [0.1, 0.15) is 0 Å². The van der Waals surface area contributed by atoms with E-state index in [0.717, 1.165) is 0 Å². The van der Waals surface area contributed by atoms with Crippen LogP contribution in [0.2, 0.25) is 0 Å². The topological polar surface area (TPSA) is 60.0 Å². The molecule has 0 rings (SSSR count).